The third-order valence-corrected chi connectivity index (χ3v) is 12.7. The summed E-state index contributed by atoms with van der Waals surface area (Å²) in [5.41, 5.74) is 8.50. The van der Waals surface area contributed by atoms with E-state index in [9.17, 15) is 24.6 Å². The van der Waals surface area contributed by atoms with Crippen LogP contribution in [-0.2, 0) is 10.3 Å². The van der Waals surface area contributed by atoms with Gasteiger partial charge in [-0.05, 0) is 111 Å². The molecule has 1 unspecified atom stereocenters. The van der Waals surface area contributed by atoms with Crippen molar-refractivity contribution in [1.82, 2.24) is 0 Å². The molecule has 3 N–H and O–H groups in total. The maximum Gasteiger partial charge on any atom is 0.340 e. The smallest absolute Gasteiger partial charge is 0.340 e. The van der Waals surface area contributed by atoms with Gasteiger partial charge in [-0.25, -0.2) is 9.59 Å². The molecule has 10 rings (SSSR count). The van der Waals surface area contributed by atoms with Crippen molar-refractivity contribution >= 4 is 29.1 Å². The Morgan fingerprint density at radius 3 is 1.63 bits per heavy atom. The van der Waals surface area contributed by atoms with Crippen LogP contribution in [0.1, 0.15) is 81.0 Å². The number of hydrogen-bond acceptors (Lipinski definition) is 9. The van der Waals surface area contributed by atoms with E-state index in [4.69, 9.17) is 14.6 Å². The van der Waals surface area contributed by atoms with Gasteiger partial charge < -0.3 is 34.6 Å². The van der Waals surface area contributed by atoms with Gasteiger partial charge in [-0.2, -0.15) is 0 Å². The lowest BCUT2D eigenvalue weighted by atomic mass is 9.77. The summed E-state index contributed by atoms with van der Waals surface area (Å²) in [5, 5.41) is 28.5. The van der Waals surface area contributed by atoms with Gasteiger partial charge in [0.05, 0.1) is 16.7 Å². The minimum absolute atomic E-state index is 0.0610. The minimum Gasteiger partial charge on any atom is -0.508 e. The first-order valence-corrected chi connectivity index (χ1v) is 23.4. The van der Waals surface area contributed by atoms with E-state index in [1.165, 1.54) is 29.8 Å². The molecule has 1 spiro atoms. The molecule has 0 amide bonds. The highest BCUT2D eigenvalue weighted by Gasteiger charge is 2.53. The highest BCUT2D eigenvalue weighted by Crippen LogP contribution is 2.57. The number of benzene rings is 8. The summed E-state index contributed by atoms with van der Waals surface area (Å²) in [4.78, 5) is 41.2. The summed E-state index contributed by atoms with van der Waals surface area (Å²) < 4.78 is 12.8. The van der Waals surface area contributed by atoms with E-state index in [0.717, 1.165) is 70.9 Å². The van der Waals surface area contributed by atoms with Crippen molar-refractivity contribution in [3.05, 3.63) is 227 Å². The van der Waals surface area contributed by atoms with Crippen LogP contribution in [0.2, 0.25) is 0 Å². The highest BCUT2D eigenvalue weighted by molar-refractivity contribution is 6.15. The van der Waals surface area contributed by atoms with Crippen LogP contribution in [0.15, 0.2) is 188 Å². The van der Waals surface area contributed by atoms with Gasteiger partial charge in [0.15, 0.2) is 11.4 Å². The van der Waals surface area contributed by atoms with Gasteiger partial charge in [0.2, 0.25) is 0 Å². The fourth-order valence-electron chi connectivity index (χ4n) is 9.05. The molecule has 1 atom stereocenters. The lowest BCUT2D eigenvalue weighted by Crippen LogP contribution is -2.33. The summed E-state index contributed by atoms with van der Waals surface area (Å²) in [6, 6.07) is 58.3. The Kier molecular flexibility index (Phi) is 14.4. The minimum atomic E-state index is -1.17. The zero-order valence-corrected chi connectivity index (χ0v) is 39.5. The molecule has 0 saturated carbocycles. The number of phenols is 2. The fraction of sp³-hybridized carbons (Fsp3) is 0.150. The van der Waals surface area contributed by atoms with E-state index in [2.05, 4.69) is 61.2 Å². The molecule has 0 bridgehead atoms. The molecule has 2 aliphatic heterocycles. The Morgan fingerprint density at radius 1 is 0.486 bits per heavy atom. The standard InChI is InChI=1S/C30H25NO3.C18H19NO4.C12H10O/c1-3-31(4-2)22-15-16-25-28(19-22)33-27-17-14-21(20-10-6-5-7-11-20)18-26(27)30(25)24-13-9-8-12-23(24)29(32)34-30;1-3-19(4-2)12-9-10-15(16(20)11-12)17(21)13-7-5-6-8-14(13)18(22)23;13-12-8-6-11(7-9-12)10-4-2-1-3-5-10/h5-19H,3-4H2,1-2H3;5-11,20H,3-4H2,1-2H3,(H,22,23);1-9,13H. The van der Waals surface area contributed by atoms with E-state index >= 15 is 0 Å². The topological polar surface area (TPSA) is 137 Å². The van der Waals surface area contributed by atoms with Gasteiger partial charge in [-0.15, -0.1) is 0 Å². The lowest BCUT2D eigenvalue weighted by Gasteiger charge is -2.37. The predicted octanol–water partition coefficient (Wildman–Crippen LogP) is 13.0. The first-order valence-electron chi connectivity index (χ1n) is 23.4. The quantitative estimate of drug-likeness (QED) is 0.0849. The maximum atomic E-state index is 13.1. The van der Waals surface area contributed by atoms with Crippen LogP contribution in [0.4, 0.5) is 11.4 Å². The van der Waals surface area contributed by atoms with E-state index in [0.29, 0.717) is 22.8 Å². The molecule has 0 aromatic heterocycles. The number of phenolic OH excluding ortho intramolecular Hbond substituents is 2. The Balaban J connectivity index is 0.000000157. The third kappa shape index (κ3) is 9.57. The van der Waals surface area contributed by atoms with Crippen molar-refractivity contribution in [2.24, 2.45) is 0 Å². The van der Waals surface area contributed by atoms with E-state index < -0.39 is 17.4 Å². The molecular formula is C60H54N2O8. The number of ketones is 1. The van der Waals surface area contributed by atoms with E-state index in [-0.39, 0.29) is 28.4 Å². The highest BCUT2D eigenvalue weighted by atomic mass is 16.6. The van der Waals surface area contributed by atoms with Gasteiger partial charge in [-0.3, -0.25) is 4.79 Å². The van der Waals surface area contributed by atoms with Crippen LogP contribution in [0, 0.1) is 0 Å². The first-order chi connectivity index (χ1) is 34.0. The first kappa shape index (κ1) is 47.8. The van der Waals surface area contributed by atoms with Crippen LogP contribution in [-0.4, -0.2) is 59.2 Å². The molecule has 2 heterocycles. The second kappa shape index (κ2) is 21.1. The maximum absolute atomic E-state index is 13.1. The second-order valence-electron chi connectivity index (χ2n) is 16.6. The molecule has 352 valence electrons. The molecule has 8 aromatic carbocycles. The number of hydrogen-bond donors (Lipinski definition) is 3. The SMILES string of the molecule is CCN(CC)c1ccc(C(=O)c2ccccc2C(=O)O)c(O)c1.CCN(CC)c1ccc2c(c1)Oc1ccc(-c3ccccc3)cc1C21OC(=O)c2ccccc21.Oc1ccc(-c2ccccc2)cc1. The monoisotopic (exact) mass is 930 g/mol. The number of carboxylic acid groups (broad SMARTS) is 1. The molecule has 0 fully saturated rings. The number of esters is 1. The number of nitrogens with zero attached hydrogens (tertiary/aromatic N) is 2. The van der Waals surface area contributed by atoms with Gasteiger partial charge in [0, 0.05) is 71.9 Å². The lowest BCUT2D eigenvalue weighted by molar-refractivity contribution is 0.0224. The zero-order valence-electron chi connectivity index (χ0n) is 39.5. The fourth-order valence-corrected chi connectivity index (χ4v) is 9.05. The summed E-state index contributed by atoms with van der Waals surface area (Å²) in [6.07, 6.45) is 0. The molecule has 70 heavy (non-hydrogen) atoms. The molecule has 2 aliphatic rings. The van der Waals surface area contributed by atoms with Crippen molar-refractivity contribution in [1.29, 1.82) is 0 Å². The van der Waals surface area contributed by atoms with Crippen LogP contribution < -0.4 is 14.5 Å². The Morgan fingerprint density at radius 2 is 1.01 bits per heavy atom. The van der Waals surface area contributed by atoms with E-state index in [1.54, 1.807) is 30.3 Å². The van der Waals surface area contributed by atoms with Gasteiger partial charge in [0.25, 0.3) is 0 Å². The largest absolute Gasteiger partial charge is 0.508 e. The normalized spacial score (nSPS) is 13.7. The molecule has 0 aliphatic carbocycles. The molecule has 10 heteroatoms. The molecular weight excluding hydrogens is 877 g/mol. The molecule has 10 nitrogen and oxygen atoms in total. The zero-order chi connectivity index (χ0) is 49.4. The summed E-state index contributed by atoms with van der Waals surface area (Å²) in [7, 11) is 0. The number of ether oxygens (including phenoxy) is 2. The van der Waals surface area contributed by atoms with Crippen LogP contribution >= 0.6 is 0 Å². The van der Waals surface area contributed by atoms with Gasteiger partial charge in [0.1, 0.15) is 23.0 Å². The Hall–Kier alpha value is -8.63. The number of fused-ring (bicyclic) bond motifs is 6. The van der Waals surface area contributed by atoms with Crippen molar-refractivity contribution in [3.63, 3.8) is 0 Å². The van der Waals surface area contributed by atoms with Crippen molar-refractivity contribution in [2.75, 3.05) is 36.0 Å². The number of anilines is 2. The van der Waals surface area contributed by atoms with Crippen molar-refractivity contribution < 1.29 is 39.2 Å². The van der Waals surface area contributed by atoms with Crippen molar-refractivity contribution in [2.45, 2.75) is 33.3 Å². The average molecular weight is 931 g/mol. The van der Waals surface area contributed by atoms with Crippen LogP contribution in [0.25, 0.3) is 22.3 Å². The summed E-state index contributed by atoms with van der Waals surface area (Å²) in [6.45, 7) is 11.6. The molecule has 0 radical (unpaired) electrons. The Bertz CT molecular complexity index is 3150. The average Bonchev–Trinajstić information content (AvgIpc) is 3.69. The third-order valence-electron chi connectivity index (χ3n) is 12.7. The number of carbonyl (C=O) groups is 3. The second-order valence-corrected chi connectivity index (χ2v) is 16.6. The summed E-state index contributed by atoms with van der Waals surface area (Å²) >= 11 is 0. The van der Waals surface area contributed by atoms with E-state index in [1.807, 2.05) is 110 Å². The number of carbonyl (C=O) groups excluding carboxylic acids is 2. The van der Waals surface area contributed by atoms with Crippen LogP contribution in [0.3, 0.4) is 0 Å². The number of rotatable bonds is 11. The van der Waals surface area contributed by atoms with Crippen molar-refractivity contribution in [3.8, 4) is 45.3 Å². The predicted molar refractivity (Wildman–Crippen MR) is 276 cm³/mol. The number of aromatic hydroxyl groups is 2. The number of carboxylic acids is 1. The number of aromatic carboxylic acids is 1. The Labute approximate surface area is 408 Å². The molecule has 0 saturated heterocycles. The van der Waals surface area contributed by atoms with Gasteiger partial charge in [-0.1, -0.05) is 115 Å². The molecule has 8 aromatic rings. The van der Waals surface area contributed by atoms with Gasteiger partial charge >= 0.3 is 11.9 Å². The summed E-state index contributed by atoms with van der Waals surface area (Å²) in [5.74, 6) is -0.423. The van der Waals surface area contributed by atoms with Crippen LogP contribution in [0.5, 0.6) is 23.0 Å².